The third-order valence-corrected chi connectivity index (χ3v) is 4.48. The summed E-state index contributed by atoms with van der Waals surface area (Å²) in [5.41, 5.74) is 3.69. The number of aliphatic carboxylic acids is 1. The van der Waals surface area contributed by atoms with Gasteiger partial charge in [-0.3, -0.25) is 4.79 Å². The van der Waals surface area contributed by atoms with Crippen LogP contribution in [-0.4, -0.2) is 11.1 Å². The Labute approximate surface area is 109 Å². The van der Waals surface area contributed by atoms with Crippen molar-refractivity contribution >= 4 is 5.97 Å². The Bertz CT molecular complexity index is 442. The van der Waals surface area contributed by atoms with Crippen LogP contribution in [0.4, 0.5) is 0 Å². The summed E-state index contributed by atoms with van der Waals surface area (Å²) in [6, 6.07) is 6.31. The number of rotatable bonds is 3. The first-order chi connectivity index (χ1) is 8.55. The molecule has 0 aromatic heterocycles. The number of benzene rings is 1. The maximum Gasteiger partial charge on any atom is 0.304 e. The van der Waals surface area contributed by atoms with Gasteiger partial charge in [-0.15, -0.1) is 0 Å². The fourth-order valence-corrected chi connectivity index (χ4v) is 3.38. The molecule has 98 valence electrons. The van der Waals surface area contributed by atoms with Gasteiger partial charge < -0.3 is 5.11 Å². The first-order valence-electron chi connectivity index (χ1n) is 6.84. The molecule has 0 heterocycles. The summed E-state index contributed by atoms with van der Waals surface area (Å²) >= 11 is 0. The van der Waals surface area contributed by atoms with E-state index in [9.17, 15) is 9.90 Å². The number of carboxylic acid groups (broad SMARTS) is 1. The second-order valence-corrected chi connectivity index (χ2v) is 5.66. The van der Waals surface area contributed by atoms with E-state index in [1.54, 1.807) is 0 Å². The van der Waals surface area contributed by atoms with Gasteiger partial charge in [0.1, 0.15) is 0 Å². The number of hydrogen-bond donors (Lipinski definition) is 1. The van der Waals surface area contributed by atoms with E-state index in [0.29, 0.717) is 0 Å². The fraction of sp³-hybridized carbons (Fsp3) is 0.562. The van der Waals surface area contributed by atoms with Gasteiger partial charge in [0.25, 0.3) is 0 Å². The maximum absolute atomic E-state index is 11.2. The van der Waals surface area contributed by atoms with Crippen molar-refractivity contribution in [2.24, 2.45) is 0 Å². The molecule has 0 atom stereocenters. The molecule has 1 saturated carbocycles. The van der Waals surface area contributed by atoms with Crippen LogP contribution in [-0.2, 0) is 10.2 Å². The van der Waals surface area contributed by atoms with E-state index in [-0.39, 0.29) is 11.8 Å². The minimum Gasteiger partial charge on any atom is -0.481 e. The van der Waals surface area contributed by atoms with E-state index < -0.39 is 5.97 Å². The van der Waals surface area contributed by atoms with Gasteiger partial charge in [-0.1, -0.05) is 37.5 Å². The number of hydrogen-bond acceptors (Lipinski definition) is 1. The largest absolute Gasteiger partial charge is 0.481 e. The highest BCUT2D eigenvalue weighted by Crippen LogP contribution is 2.43. The summed E-state index contributed by atoms with van der Waals surface area (Å²) < 4.78 is 0. The summed E-state index contributed by atoms with van der Waals surface area (Å²) in [6.45, 7) is 4.24. The smallest absolute Gasteiger partial charge is 0.304 e. The normalized spacial score (nSPS) is 18.6. The molecule has 2 nitrogen and oxygen atoms in total. The Morgan fingerprint density at radius 1 is 1.22 bits per heavy atom. The van der Waals surface area contributed by atoms with Crippen LogP contribution in [0.25, 0.3) is 0 Å². The monoisotopic (exact) mass is 246 g/mol. The molecule has 0 aliphatic heterocycles. The van der Waals surface area contributed by atoms with E-state index in [0.717, 1.165) is 25.7 Å². The van der Waals surface area contributed by atoms with Gasteiger partial charge in [-0.25, -0.2) is 0 Å². The Hall–Kier alpha value is -1.31. The van der Waals surface area contributed by atoms with Crippen molar-refractivity contribution in [2.75, 3.05) is 0 Å². The predicted molar refractivity (Wildman–Crippen MR) is 72.9 cm³/mol. The third kappa shape index (κ3) is 2.43. The van der Waals surface area contributed by atoms with Crippen LogP contribution in [0.5, 0.6) is 0 Å². The highest BCUT2D eigenvalue weighted by molar-refractivity contribution is 5.69. The van der Waals surface area contributed by atoms with Crippen molar-refractivity contribution in [1.29, 1.82) is 0 Å². The van der Waals surface area contributed by atoms with Gasteiger partial charge in [0, 0.05) is 5.41 Å². The zero-order valence-electron chi connectivity index (χ0n) is 11.3. The number of carbonyl (C=O) groups is 1. The van der Waals surface area contributed by atoms with E-state index in [2.05, 4.69) is 32.0 Å². The molecular formula is C16H22O2. The molecule has 1 N–H and O–H groups in total. The van der Waals surface area contributed by atoms with Crippen LogP contribution in [0.3, 0.4) is 0 Å². The van der Waals surface area contributed by atoms with Gasteiger partial charge in [0.2, 0.25) is 0 Å². The molecule has 0 bridgehead atoms. The first-order valence-corrected chi connectivity index (χ1v) is 6.84. The van der Waals surface area contributed by atoms with E-state index in [1.165, 1.54) is 23.1 Å². The molecular weight excluding hydrogens is 224 g/mol. The molecule has 0 spiro atoms. The number of aryl methyl sites for hydroxylation is 1. The van der Waals surface area contributed by atoms with Gasteiger partial charge in [0.05, 0.1) is 6.42 Å². The third-order valence-electron chi connectivity index (χ3n) is 4.48. The molecule has 0 radical (unpaired) electrons. The van der Waals surface area contributed by atoms with Gasteiger partial charge in [0.15, 0.2) is 0 Å². The molecule has 1 aromatic carbocycles. The highest BCUT2D eigenvalue weighted by Gasteiger charge is 2.37. The van der Waals surface area contributed by atoms with Crippen molar-refractivity contribution in [3.8, 4) is 0 Å². The topological polar surface area (TPSA) is 37.3 Å². The van der Waals surface area contributed by atoms with Crippen LogP contribution >= 0.6 is 0 Å². The van der Waals surface area contributed by atoms with Crippen LogP contribution in [0, 0.1) is 13.8 Å². The molecule has 2 heteroatoms. The lowest BCUT2D eigenvalue weighted by molar-refractivity contribution is -0.138. The summed E-state index contributed by atoms with van der Waals surface area (Å²) in [4.78, 5) is 11.2. The van der Waals surface area contributed by atoms with E-state index >= 15 is 0 Å². The molecule has 0 amide bonds. The molecule has 0 unspecified atom stereocenters. The average molecular weight is 246 g/mol. The van der Waals surface area contributed by atoms with Crippen molar-refractivity contribution in [2.45, 2.75) is 57.8 Å². The lowest BCUT2D eigenvalue weighted by atomic mass is 9.66. The van der Waals surface area contributed by atoms with Crippen LogP contribution < -0.4 is 0 Å². The first kappa shape index (κ1) is 13.1. The van der Waals surface area contributed by atoms with Crippen LogP contribution in [0.2, 0.25) is 0 Å². The van der Waals surface area contributed by atoms with Crippen molar-refractivity contribution in [3.63, 3.8) is 0 Å². The molecule has 1 aliphatic rings. The second-order valence-electron chi connectivity index (χ2n) is 5.66. The molecule has 2 rings (SSSR count). The summed E-state index contributed by atoms with van der Waals surface area (Å²) in [5.74, 6) is -0.669. The molecule has 1 fully saturated rings. The van der Waals surface area contributed by atoms with Gasteiger partial charge in [-0.05, 0) is 43.4 Å². The summed E-state index contributed by atoms with van der Waals surface area (Å²) in [5, 5.41) is 9.25. The molecule has 1 aliphatic carbocycles. The Morgan fingerprint density at radius 2 is 1.89 bits per heavy atom. The van der Waals surface area contributed by atoms with Gasteiger partial charge in [-0.2, -0.15) is 0 Å². The molecule has 1 aromatic rings. The zero-order valence-corrected chi connectivity index (χ0v) is 11.3. The average Bonchev–Trinajstić information content (AvgIpc) is 2.33. The lowest BCUT2D eigenvalue weighted by Gasteiger charge is -2.38. The van der Waals surface area contributed by atoms with Crippen molar-refractivity contribution in [1.82, 2.24) is 0 Å². The molecule has 18 heavy (non-hydrogen) atoms. The van der Waals surface area contributed by atoms with Crippen molar-refractivity contribution < 1.29 is 9.90 Å². The number of carboxylic acids is 1. The highest BCUT2D eigenvalue weighted by atomic mass is 16.4. The van der Waals surface area contributed by atoms with Crippen LogP contribution in [0.15, 0.2) is 18.2 Å². The van der Waals surface area contributed by atoms with Gasteiger partial charge >= 0.3 is 5.97 Å². The molecule has 0 saturated heterocycles. The minimum atomic E-state index is -0.669. The minimum absolute atomic E-state index is 0.125. The van der Waals surface area contributed by atoms with Crippen LogP contribution in [0.1, 0.15) is 55.2 Å². The lowest BCUT2D eigenvalue weighted by Crippen LogP contribution is -2.32. The quantitative estimate of drug-likeness (QED) is 0.875. The zero-order chi connectivity index (χ0) is 13.2. The Morgan fingerprint density at radius 3 is 2.50 bits per heavy atom. The van der Waals surface area contributed by atoms with Crippen molar-refractivity contribution in [3.05, 3.63) is 34.9 Å². The second kappa shape index (κ2) is 5.13. The predicted octanol–water partition coefficient (Wildman–Crippen LogP) is 3.98. The summed E-state index contributed by atoms with van der Waals surface area (Å²) in [7, 11) is 0. The Balaban J connectivity index is 2.45. The standard InChI is InChI=1S/C16H22O2/c1-12-7-6-8-14(13(12)2)16(11-15(17)18)9-4-3-5-10-16/h6-8H,3-5,9-11H2,1-2H3,(H,17,18). The maximum atomic E-state index is 11.2. The summed E-state index contributed by atoms with van der Waals surface area (Å²) in [6.07, 6.45) is 5.86. The van der Waals surface area contributed by atoms with E-state index in [4.69, 9.17) is 0 Å². The van der Waals surface area contributed by atoms with E-state index in [1.807, 2.05) is 0 Å². The fourth-order valence-electron chi connectivity index (χ4n) is 3.38. The Kier molecular flexibility index (Phi) is 3.74. The SMILES string of the molecule is Cc1cccc(C2(CC(=O)O)CCCCC2)c1C.